The van der Waals surface area contributed by atoms with E-state index in [1.54, 1.807) is 35.9 Å². The summed E-state index contributed by atoms with van der Waals surface area (Å²) in [6.45, 7) is 2.06. The third-order valence-electron chi connectivity index (χ3n) is 1.81. The van der Waals surface area contributed by atoms with Crippen LogP contribution in [0.2, 0.25) is 0 Å². The lowest BCUT2D eigenvalue weighted by molar-refractivity contribution is 0.762. The van der Waals surface area contributed by atoms with Gasteiger partial charge in [0.1, 0.15) is 0 Å². The molecule has 0 aromatic carbocycles. The Kier molecular flexibility index (Phi) is 3.35. The fraction of sp³-hybridized carbons (Fsp3) is 0.333. The molecule has 2 heterocycles. The summed E-state index contributed by atoms with van der Waals surface area (Å²) >= 11 is 1.57. The fourth-order valence-corrected chi connectivity index (χ4v) is 1.70. The molecule has 2 aromatic rings. The summed E-state index contributed by atoms with van der Waals surface area (Å²) in [7, 11) is 1.78. The van der Waals surface area contributed by atoms with E-state index in [-0.39, 0.29) is 0 Å². The Hall–Kier alpha value is -1.63. The second-order valence-corrected chi connectivity index (χ2v) is 4.11. The lowest BCUT2D eigenvalue weighted by Gasteiger charge is -2.05. The van der Waals surface area contributed by atoms with Crippen molar-refractivity contribution in [2.75, 3.05) is 18.1 Å². The van der Waals surface area contributed by atoms with E-state index in [9.17, 15) is 0 Å². The molecule has 16 heavy (non-hydrogen) atoms. The van der Waals surface area contributed by atoms with Gasteiger partial charge in [0.05, 0.1) is 0 Å². The zero-order chi connectivity index (χ0) is 11.4. The number of hydrogen-bond acceptors (Lipinski definition) is 6. The molecule has 6 nitrogen and oxygen atoms in total. The second kappa shape index (κ2) is 4.93. The number of thioether (sulfide) groups is 1. The van der Waals surface area contributed by atoms with E-state index in [0.29, 0.717) is 17.1 Å². The average Bonchev–Trinajstić information content (AvgIpc) is 2.82. The molecular weight excluding hydrogens is 224 g/mol. The Morgan fingerprint density at radius 2 is 2.25 bits per heavy atom. The van der Waals surface area contributed by atoms with Gasteiger partial charge < -0.3 is 5.32 Å². The molecule has 0 unspecified atom stereocenters. The first kappa shape index (κ1) is 10.9. The Labute approximate surface area is 97.5 Å². The number of nitrogens with one attached hydrogen (secondary N) is 1. The summed E-state index contributed by atoms with van der Waals surface area (Å²) in [4.78, 5) is 12.8. The molecule has 2 aromatic heterocycles. The molecule has 2 rings (SSSR count). The summed E-state index contributed by atoms with van der Waals surface area (Å²) in [6.07, 6.45) is 3.49. The van der Waals surface area contributed by atoms with Gasteiger partial charge in [-0.2, -0.15) is 20.1 Å². The van der Waals surface area contributed by atoms with Crippen LogP contribution in [0.4, 0.5) is 5.95 Å². The first-order chi connectivity index (χ1) is 7.83. The van der Waals surface area contributed by atoms with Crippen molar-refractivity contribution < 1.29 is 0 Å². The molecule has 0 saturated heterocycles. The van der Waals surface area contributed by atoms with Crippen molar-refractivity contribution >= 4 is 17.7 Å². The van der Waals surface area contributed by atoms with Crippen LogP contribution in [0.15, 0.2) is 23.6 Å². The van der Waals surface area contributed by atoms with Gasteiger partial charge >= 0.3 is 0 Å². The predicted octanol–water partition coefficient (Wildman–Crippen LogP) is 1.21. The lowest BCUT2D eigenvalue weighted by atomic mass is 10.7. The van der Waals surface area contributed by atoms with Gasteiger partial charge in [-0.25, -0.2) is 4.68 Å². The van der Waals surface area contributed by atoms with E-state index in [2.05, 4.69) is 32.3 Å². The zero-order valence-corrected chi connectivity index (χ0v) is 9.90. The monoisotopic (exact) mass is 236 g/mol. The van der Waals surface area contributed by atoms with E-state index >= 15 is 0 Å². The molecule has 0 spiro atoms. The van der Waals surface area contributed by atoms with Crippen molar-refractivity contribution in [3.63, 3.8) is 0 Å². The number of hydrogen-bond donors (Lipinski definition) is 1. The van der Waals surface area contributed by atoms with Crippen molar-refractivity contribution in [1.82, 2.24) is 24.7 Å². The molecule has 0 saturated carbocycles. The summed E-state index contributed by atoms with van der Waals surface area (Å²) in [6, 6.07) is 1.83. The van der Waals surface area contributed by atoms with E-state index in [1.807, 2.05) is 6.07 Å². The smallest absolute Gasteiger partial charge is 0.256 e. The van der Waals surface area contributed by atoms with Crippen molar-refractivity contribution in [3.8, 4) is 5.95 Å². The van der Waals surface area contributed by atoms with Gasteiger partial charge in [0.15, 0.2) is 5.16 Å². The van der Waals surface area contributed by atoms with Crippen molar-refractivity contribution in [1.29, 1.82) is 0 Å². The van der Waals surface area contributed by atoms with E-state index in [0.717, 1.165) is 5.75 Å². The van der Waals surface area contributed by atoms with E-state index in [4.69, 9.17) is 0 Å². The first-order valence-electron chi connectivity index (χ1n) is 4.90. The third-order valence-corrected chi connectivity index (χ3v) is 2.54. The Bertz CT molecular complexity index is 455. The molecule has 0 amide bonds. The molecule has 0 fully saturated rings. The predicted molar refractivity (Wildman–Crippen MR) is 62.9 cm³/mol. The van der Waals surface area contributed by atoms with Crippen LogP contribution in [0.25, 0.3) is 5.95 Å². The highest BCUT2D eigenvalue weighted by atomic mass is 32.2. The fourth-order valence-electron chi connectivity index (χ4n) is 1.14. The van der Waals surface area contributed by atoms with Gasteiger partial charge in [-0.15, -0.1) is 0 Å². The molecule has 0 aliphatic rings. The third kappa shape index (κ3) is 2.30. The van der Waals surface area contributed by atoms with Gasteiger partial charge in [0, 0.05) is 19.4 Å². The summed E-state index contributed by atoms with van der Waals surface area (Å²) < 4.78 is 1.61. The SMILES string of the molecule is CCSc1nc(NC)nc(-n2cccn2)n1. The van der Waals surface area contributed by atoms with Gasteiger partial charge in [-0.3, -0.25) is 0 Å². The van der Waals surface area contributed by atoms with Crippen molar-refractivity contribution in [2.24, 2.45) is 0 Å². The number of anilines is 1. The highest BCUT2D eigenvalue weighted by Gasteiger charge is 2.07. The minimum atomic E-state index is 0.528. The maximum Gasteiger partial charge on any atom is 0.256 e. The zero-order valence-electron chi connectivity index (χ0n) is 9.08. The van der Waals surface area contributed by atoms with Crippen LogP contribution >= 0.6 is 11.8 Å². The summed E-state index contributed by atoms with van der Waals surface area (Å²) in [5, 5.41) is 7.70. The van der Waals surface area contributed by atoms with Gasteiger partial charge in [0.25, 0.3) is 5.95 Å². The normalized spacial score (nSPS) is 10.4. The molecular formula is C9H12N6S. The van der Waals surface area contributed by atoms with Crippen molar-refractivity contribution in [2.45, 2.75) is 12.1 Å². The van der Waals surface area contributed by atoms with Gasteiger partial charge in [-0.05, 0) is 11.8 Å². The summed E-state index contributed by atoms with van der Waals surface area (Å²) in [5.74, 6) is 2.00. The Balaban J connectivity index is 2.41. The van der Waals surface area contributed by atoms with Crippen LogP contribution < -0.4 is 5.32 Å². The summed E-state index contributed by atoms with van der Waals surface area (Å²) in [5.41, 5.74) is 0. The number of nitrogens with zero attached hydrogens (tertiary/aromatic N) is 5. The number of aromatic nitrogens is 5. The van der Waals surface area contributed by atoms with Crippen LogP contribution in [0, 0.1) is 0 Å². The van der Waals surface area contributed by atoms with Crippen LogP contribution in [-0.2, 0) is 0 Å². The van der Waals surface area contributed by atoms with E-state index in [1.165, 1.54) is 0 Å². The molecule has 7 heteroatoms. The maximum absolute atomic E-state index is 4.31. The first-order valence-corrected chi connectivity index (χ1v) is 5.88. The molecule has 0 aliphatic carbocycles. The highest BCUT2D eigenvalue weighted by molar-refractivity contribution is 7.99. The highest BCUT2D eigenvalue weighted by Crippen LogP contribution is 2.14. The Morgan fingerprint density at radius 1 is 1.38 bits per heavy atom. The molecule has 0 bridgehead atoms. The van der Waals surface area contributed by atoms with Gasteiger partial charge in [-0.1, -0.05) is 18.7 Å². The number of rotatable bonds is 4. The quantitative estimate of drug-likeness (QED) is 0.805. The minimum Gasteiger partial charge on any atom is -0.357 e. The molecule has 0 aliphatic heterocycles. The molecule has 84 valence electrons. The maximum atomic E-state index is 4.31. The standard InChI is InChI=1S/C9H12N6S/c1-3-16-9-13-7(10-2)12-8(14-9)15-6-4-5-11-15/h4-6H,3H2,1-2H3,(H,10,12,13,14). The molecule has 1 N–H and O–H groups in total. The van der Waals surface area contributed by atoms with Crippen LogP contribution in [0.5, 0.6) is 0 Å². The molecule has 0 radical (unpaired) electrons. The Morgan fingerprint density at radius 3 is 2.88 bits per heavy atom. The average molecular weight is 236 g/mol. The second-order valence-electron chi connectivity index (χ2n) is 2.88. The van der Waals surface area contributed by atoms with Crippen LogP contribution in [-0.4, -0.2) is 37.5 Å². The van der Waals surface area contributed by atoms with Crippen molar-refractivity contribution in [3.05, 3.63) is 18.5 Å². The largest absolute Gasteiger partial charge is 0.357 e. The van der Waals surface area contributed by atoms with Crippen LogP contribution in [0.1, 0.15) is 6.92 Å². The molecule has 0 atom stereocenters. The lowest BCUT2D eigenvalue weighted by Crippen LogP contribution is -2.07. The van der Waals surface area contributed by atoms with E-state index < -0.39 is 0 Å². The minimum absolute atomic E-state index is 0.528. The topological polar surface area (TPSA) is 68.5 Å². The van der Waals surface area contributed by atoms with Crippen LogP contribution in [0.3, 0.4) is 0 Å². The van der Waals surface area contributed by atoms with Gasteiger partial charge in [0.2, 0.25) is 5.95 Å².